The molecule has 0 saturated carbocycles. The zero-order valence-corrected chi connectivity index (χ0v) is 10.5. The number of aryl methyl sites for hydroxylation is 1. The molecule has 0 unspecified atom stereocenters. The summed E-state index contributed by atoms with van der Waals surface area (Å²) >= 11 is 12.0. The van der Waals surface area contributed by atoms with E-state index in [2.05, 4.69) is 5.10 Å². The summed E-state index contributed by atoms with van der Waals surface area (Å²) in [5.74, 6) is -0.102. The Morgan fingerprint density at radius 1 is 1.35 bits per heavy atom. The number of hydrogen-bond donors (Lipinski definition) is 2. The Hall–Kier alpha value is -1.52. The second kappa shape index (κ2) is 4.39. The van der Waals surface area contributed by atoms with E-state index in [9.17, 15) is 0 Å². The number of hydrogen-bond acceptors (Lipinski definition) is 2. The Bertz CT molecular complexity index is 570. The highest BCUT2D eigenvalue weighted by Crippen LogP contribution is 2.24. The van der Waals surface area contributed by atoms with Crippen LogP contribution in [0.25, 0.3) is 5.69 Å². The van der Waals surface area contributed by atoms with Crippen molar-refractivity contribution in [2.45, 2.75) is 6.92 Å². The van der Waals surface area contributed by atoms with Crippen molar-refractivity contribution in [2.24, 2.45) is 5.73 Å². The van der Waals surface area contributed by atoms with Crippen molar-refractivity contribution in [3.8, 4) is 5.69 Å². The molecular weight excluding hydrogens is 259 g/mol. The maximum atomic E-state index is 7.55. The van der Waals surface area contributed by atoms with E-state index >= 15 is 0 Å². The van der Waals surface area contributed by atoms with Gasteiger partial charge in [0.2, 0.25) is 0 Å². The molecule has 0 fully saturated rings. The maximum absolute atomic E-state index is 7.55. The maximum Gasteiger partial charge on any atom is 0.126 e. The van der Waals surface area contributed by atoms with Crippen LogP contribution >= 0.6 is 23.2 Å². The number of aromatic nitrogens is 2. The molecule has 0 bridgehead atoms. The fourth-order valence-electron chi connectivity index (χ4n) is 1.53. The predicted molar refractivity (Wildman–Crippen MR) is 69.3 cm³/mol. The van der Waals surface area contributed by atoms with Crippen molar-refractivity contribution in [2.75, 3.05) is 0 Å². The van der Waals surface area contributed by atoms with Crippen LogP contribution in [0.3, 0.4) is 0 Å². The van der Waals surface area contributed by atoms with E-state index in [0.29, 0.717) is 27.0 Å². The largest absolute Gasteiger partial charge is 0.384 e. The first kappa shape index (κ1) is 12.0. The highest BCUT2D eigenvalue weighted by Gasteiger charge is 2.13. The quantitative estimate of drug-likeness (QED) is 0.650. The van der Waals surface area contributed by atoms with E-state index in [1.807, 2.05) is 0 Å². The summed E-state index contributed by atoms with van der Waals surface area (Å²) in [4.78, 5) is 0. The van der Waals surface area contributed by atoms with Crippen LogP contribution in [-0.4, -0.2) is 15.6 Å². The molecule has 88 valence electrons. The predicted octanol–water partition coefficient (Wildman–Crippen LogP) is 2.77. The average Bonchev–Trinajstić information content (AvgIpc) is 2.58. The van der Waals surface area contributed by atoms with Crippen LogP contribution in [0.5, 0.6) is 0 Å². The SMILES string of the molecule is Cc1nn(-c2cccc(Cl)c2C(=N)N)cc1Cl. The van der Waals surface area contributed by atoms with Crippen LogP contribution < -0.4 is 5.73 Å². The molecule has 0 spiro atoms. The zero-order valence-electron chi connectivity index (χ0n) is 9.04. The van der Waals surface area contributed by atoms with Gasteiger partial charge in [-0.05, 0) is 19.1 Å². The van der Waals surface area contributed by atoms with E-state index < -0.39 is 0 Å². The van der Waals surface area contributed by atoms with Gasteiger partial charge < -0.3 is 5.73 Å². The molecule has 0 aliphatic rings. The zero-order chi connectivity index (χ0) is 12.6. The van der Waals surface area contributed by atoms with Crippen LogP contribution in [0.4, 0.5) is 0 Å². The first-order valence-electron chi connectivity index (χ1n) is 4.85. The van der Waals surface area contributed by atoms with Crippen LogP contribution in [0.2, 0.25) is 10.0 Å². The first-order chi connectivity index (χ1) is 8.00. The molecule has 0 amide bonds. The second-order valence-electron chi connectivity index (χ2n) is 3.55. The van der Waals surface area contributed by atoms with Gasteiger partial charge in [0, 0.05) is 6.20 Å². The summed E-state index contributed by atoms with van der Waals surface area (Å²) in [6, 6.07) is 5.24. The lowest BCUT2D eigenvalue weighted by atomic mass is 10.1. The molecule has 2 rings (SSSR count). The third-order valence-electron chi connectivity index (χ3n) is 2.35. The molecule has 0 saturated heterocycles. The molecule has 17 heavy (non-hydrogen) atoms. The monoisotopic (exact) mass is 268 g/mol. The fourth-order valence-corrected chi connectivity index (χ4v) is 1.93. The number of nitrogen functional groups attached to an aromatic ring is 1. The number of rotatable bonds is 2. The van der Waals surface area contributed by atoms with Crippen molar-refractivity contribution in [1.82, 2.24) is 9.78 Å². The van der Waals surface area contributed by atoms with E-state index in [1.54, 1.807) is 36.0 Å². The van der Waals surface area contributed by atoms with E-state index in [-0.39, 0.29) is 5.84 Å². The minimum Gasteiger partial charge on any atom is -0.384 e. The summed E-state index contributed by atoms with van der Waals surface area (Å²) < 4.78 is 1.57. The standard InChI is InChI=1S/C11H10Cl2N4/c1-6-8(13)5-17(16-6)9-4-2-3-7(12)10(9)11(14)15/h2-5H,1H3,(H3,14,15). The summed E-state index contributed by atoms with van der Waals surface area (Å²) in [6.07, 6.45) is 1.66. The smallest absolute Gasteiger partial charge is 0.126 e. The van der Waals surface area contributed by atoms with Crippen LogP contribution in [0.15, 0.2) is 24.4 Å². The molecule has 3 N–H and O–H groups in total. The Morgan fingerprint density at radius 2 is 2.06 bits per heavy atom. The number of nitrogens with zero attached hydrogens (tertiary/aromatic N) is 2. The van der Waals surface area contributed by atoms with E-state index in [1.165, 1.54) is 0 Å². The van der Waals surface area contributed by atoms with Gasteiger partial charge in [-0.15, -0.1) is 0 Å². The first-order valence-corrected chi connectivity index (χ1v) is 5.61. The highest BCUT2D eigenvalue weighted by atomic mass is 35.5. The molecule has 0 radical (unpaired) electrons. The van der Waals surface area contributed by atoms with Crippen LogP contribution in [0.1, 0.15) is 11.3 Å². The highest BCUT2D eigenvalue weighted by molar-refractivity contribution is 6.34. The normalized spacial score (nSPS) is 10.5. The topological polar surface area (TPSA) is 67.7 Å². The third kappa shape index (κ3) is 2.14. The molecule has 0 aliphatic heterocycles. The third-order valence-corrected chi connectivity index (χ3v) is 3.03. The van der Waals surface area contributed by atoms with Crippen molar-refractivity contribution in [1.29, 1.82) is 5.41 Å². The molecule has 0 atom stereocenters. The Labute approximate surface area is 108 Å². The van der Waals surface area contributed by atoms with Gasteiger partial charge in [0.05, 0.1) is 27.0 Å². The minimum atomic E-state index is -0.102. The van der Waals surface area contributed by atoms with E-state index in [0.717, 1.165) is 0 Å². The summed E-state index contributed by atoms with van der Waals surface area (Å²) in [5, 5.41) is 12.8. The molecule has 4 nitrogen and oxygen atoms in total. The van der Waals surface area contributed by atoms with Gasteiger partial charge >= 0.3 is 0 Å². The van der Waals surface area contributed by atoms with Gasteiger partial charge in [0.15, 0.2) is 0 Å². The Balaban J connectivity index is 2.67. The number of nitrogens with two attached hydrogens (primary N) is 1. The number of nitrogens with one attached hydrogen (secondary N) is 1. The van der Waals surface area contributed by atoms with Gasteiger partial charge in [-0.2, -0.15) is 5.10 Å². The van der Waals surface area contributed by atoms with Gasteiger partial charge in [-0.3, -0.25) is 5.41 Å². The fraction of sp³-hybridized carbons (Fsp3) is 0.0909. The number of amidine groups is 1. The van der Waals surface area contributed by atoms with Crippen LogP contribution in [-0.2, 0) is 0 Å². The minimum absolute atomic E-state index is 0.102. The average molecular weight is 269 g/mol. The van der Waals surface area contributed by atoms with Crippen molar-refractivity contribution >= 4 is 29.0 Å². The molecular formula is C11H10Cl2N4. The van der Waals surface area contributed by atoms with Gasteiger partial charge in [-0.25, -0.2) is 4.68 Å². The van der Waals surface area contributed by atoms with Crippen molar-refractivity contribution in [3.05, 3.63) is 45.7 Å². The summed E-state index contributed by atoms with van der Waals surface area (Å²) in [5.41, 5.74) is 7.32. The van der Waals surface area contributed by atoms with Crippen molar-refractivity contribution < 1.29 is 0 Å². The molecule has 0 aliphatic carbocycles. The van der Waals surface area contributed by atoms with Gasteiger partial charge in [0.25, 0.3) is 0 Å². The molecule has 6 heteroatoms. The molecule has 1 heterocycles. The summed E-state index contributed by atoms with van der Waals surface area (Å²) in [7, 11) is 0. The lowest BCUT2D eigenvalue weighted by Gasteiger charge is -2.09. The lowest BCUT2D eigenvalue weighted by Crippen LogP contribution is -2.15. The molecule has 1 aromatic heterocycles. The van der Waals surface area contributed by atoms with E-state index in [4.69, 9.17) is 34.3 Å². The van der Waals surface area contributed by atoms with Crippen LogP contribution in [0, 0.1) is 12.3 Å². The van der Waals surface area contributed by atoms with Gasteiger partial charge in [0.1, 0.15) is 5.84 Å². The van der Waals surface area contributed by atoms with Crippen molar-refractivity contribution in [3.63, 3.8) is 0 Å². The molecule has 2 aromatic rings. The van der Waals surface area contributed by atoms with Gasteiger partial charge in [-0.1, -0.05) is 29.3 Å². The number of benzene rings is 1. The summed E-state index contributed by atoms with van der Waals surface area (Å²) in [6.45, 7) is 1.80. The Kier molecular flexibility index (Phi) is 3.09. The Morgan fingerprint density at radius 3 is 2.59 bits per heavy atom. The number of halogens is 2. The molecule has 1 aromatic carbocycles. The lowest BCUT2D eigenvalue weighted by molar-refractivity contribution is 0.860. The second-order valence-corrected chi connectivity index (χ2v) is 4.37.